The number of allylic oxidation sites excluding steroid dienone is 1. The molecule has 1 aromatic heterocycles. The molecule has 0 radical (unpaired) electrons. The minimum atomic E-state index is -1.07. The number of ketones is 1. The molecule has 0 aliphatic carbocycles. The summed E-state index contributed by atoms with van der Waals surface area (Å²) in [5.74, 6) is -2.29. The Balaban J connectivity index is 1.86. The van der Waals surface area contributed by atoms with Crippen LogP contribution in [0.4, 0.5) is 13.2 Å². The topological polar surface area (TPSA) is 47.8 Å². The van der Waals surface area contributed by atoms with Crippen LogP contribution >= 0.6 is 11.8 Å². The molecule has 1 atom stereocenters. The van der Waals surface area contributed by atoms with Crippen molar-refractivity contribution in [1.29, 1.82) is 0 Å². The lowest BCUT2D eigenvalue weighted by atomic mass is 10.1. The number of Topliss-reactive ketones (excluding diaryl/α,β-unsaturated/α-hetero) is 1. The smallest absolute Gasteiger partial charge is 0.192 e. The number of thioether (sulfide) groups is 1. The van der Waals surface area contributed by atoms with Crippen LogP contribution in [0.5, 0.6) is 0 Å². The zero-order valence-corrected chi connectivity index (χ0v) is 15.7. The Kier molecular flexibility index (Phi) is 5.99. The molecule has 0 saturated heterocycles. The van der Waals surface area contributed by atoms with E-state index in [1.54, 1.807) is 29.7 Å². The van der Waals surface area contributed by atoms with Crippen molar-refractivity contribution in [2.24, 2.45) is 0 Å². The zero-order valence-electron chi connectivity index (χ0n) is 14.9. The lowest BCUT2D eigenvalue weighted by Gasteiger charge is -2.12. The van der Waals surface area contributed by atoms with Gasteiger partial charge >= 0.3 is 0 Å². The Morgan fingerprint density at radius 3 is 2.50 bits per heavy atom. The summed E-state index contributed by atoms with van der Waals surface area (Å²) in [6, 6.07) is 8.87. The van der Waals surface area contributed by atoms with Crippen molar-refractivity contribution in [2.45, 2.75) is 23.9 Å². The number of rotatable bonds is 7. The predicted octanol–water partition coefficient (Wildman–Crippen LogP) is 4.91. The summed E-state index contributed by atoms with van der Waals surface area (Å²) >= 11 is 1.14. The van der Waals surface area contributed by atoms with Crippen molar-refractivity contribution in [2.75, 3.05) is 0 Å². The van der Waals surface area contributed by atoms with Crippen molar-refractivity contribution in [3.63, 3.8) is 0 Å². The molecule has 0 saturated carbocycles. The molecule has 0 aliphatic rings. The molecule has 3 aromatic rings. The third-order valence-corrected chi connectivity index (χ3v) is 5.07. The number of carbonyl (C=O) groups is 1. The van der Waals surface area contributed by atoms with Crippen LogP contribution in [0, 0.1) is 17.5 Å². The van der Waals surface area contributed by atoms with E-state index in [1.807, 2.05) is 0 Å². The molecule has 0 spiro atoms. The molecule has 8 heteroatoms. The molecule has 3 rings (SSSR count). The van der Waals surface area contributed by atoms with Crippen molar-refractivity contribution in [3.8, 4) is 11.4 Å². The van der Waals surface area contributed by atoms with Gasteiger partial charge in [-0.2, -0.15) is 0 Å². The van der Waals surface area contributed by atoms with Crippen LogP contribution in [-0.2, 0) is 6.54 Å². The molecule has 4 nitrogen and oxygen atoms in total. The highest BCUT2D eigenvalue weighted by atomic mass is 32.2. The second-order valence-electron chi connectivity index (χ2n) is 5.97. The van der Waals surface area contributed by atoms with Gasteiger partial charge in [-0.1, -0.05) is 17.8 Å². The molecule has 144 valence electrons. The van der Waals surface area contributed by atoms with Crippen molar-refractivity contribution in [1.82, 2.24) is 14.8 Å². The molecule has 0 amide bonds. The first-order valence-corrected chi connectivity index (χ1v) is 9.24. The van der Waals surface area contributed by atoms with E-state index >= 15 is 0 Å². The third kappa shape index (κ3) is 4.17. The first kappa shape index (κ1) is 19.9. The monoisotopic (exact) mass is 403 g/mol. The quantitative estimate of drug-likeness (QED) is 0.319. The maximum Gasteiger partial charge on any atom is 0.192 e. The molecule has 0 fully saturated rings. The summed E-state index contributed by atoms with van der Waals surface area (Å²) in [5.41, 5.74) is 0.745. The van der Waals surface area contributed by atoms with Gasteiger partial charge in [0.25, 0.3) is 0 Å². The molecule has 0 N–H and O–H groups in total. The van der Waals surface area contributed by atoms with Gasteiger partial charge in [0.05, 0.1) is 5.25 Å². The largest absolute Gasteiger partial charge is 0.298 e. The van der Waals surface area contributed by atoms with E-state index in [4.69, 9.17) is 0 Å². The van der Waals surface area contributed by atoms with Crippen LogP contribution in [-0.4, -0.2) is 25.8 Å². The Labute approximate surface area is 164 Å². The summed E-state index contributed by atoms with van der Waals surface area (Å²) in [4.78, 5) is 12.6. The number of aromatic nitrogens is 3. The van der Waals surface area contributed by atoms with E-state index in [0.717, 1.165) is 23.9 Å². The molecule has 0 aliphatic heterocycles. The maximum atomic E-state index is 13.4. The number of benzene rings is 2. The fourth-order valence-corrected chi connectivity index (χ4v) is 3.51. The van der Waals surface area contributed by atoms with E-state index in [-0.39, 0.29) is 17.2 Å². The zero-order chi connectivity index (χ0) is 20.3. The third-order valence-electron chi connectivity index (χ3n) is 3.99. The maximum absolute atomic E-state index is 13.4. The van der Waals surface area contributed by atoms with Gasteiger partial charge in [0, 0.05) is 17.7 Å². The summed E-state index contributed by atoms with van der Waals surface area (Å²) in [5, 5.41) is 8.12. The van der Waals surface area contributed by atoms with E-state index in [0.29, 0.717) is 23.1 Å². The Morgan fingerprint density at radius 2 is 1.86 bits per heavy atom. The highest BCUT2D eigenvalue weighted by Gasteiger charge is 2.22. The minimum absolute atomic E-state index is 0.0763. The van der Waals surface area contributed by atoms with Crippen LogP contribution in [0.15, 0.2) is 60.3 Å². The van der Waals surface area contributed by atoms with Crippen molar-refractivity contribution < 1.29 is 18.0 Å². The summed E-state index contributed by atoms with van der Waals surface area (Å²) in [6.45, 7) is 5.75. The van der Waals surface area contributed by atoms with E-state index < -0.39 is 16.9 Å². The lowest BCUT2D eigenvalue weighted by Crippen LogP contribution is -2.15. The number of hydrogen-bond donors (Lipinski definition) is 0. The average Bonchev–Trinajstić information content (AvgIpc) is 3.06. The van der Waals surface area contributed by atoms with Crippen molar-refractivity contribution >= 4 is 17.5 Å². The van der Waals surface area contributed by atoms with Gasteiger partial charge in [-0.25, -0.2) is 13.2 Å². The van der Waals surface area contributed by atoms with Crippen molar-refractivity contribution in [3.05, 3.63) is 78.1 Å². The number of nitrogens with zero attached hydrogens (tertiary/aromatic N) is 3. The van der Waals surface area contributed by atoms with Gasteiger partial charge in [-0.3, -0.25) is 9.36 Å². The van der Waals surface area contributed by atoms with E-state index in [1.165, 1.54) is 18.2 Å². The summed E-state index contributed by atoms with van der Waals surface area (Å²) in [6.07, 6.45) is 1.66. The highest BCUT2D eigenvalue weighted by molar-refractivity contribution is 8.00. The van der Waals surface area contributed by atoms with Gasteiger partial charge in [0.15, 0.2) is 28.4 Å². The summed E-state index contributed by atoms with van der Waals surface area (Å²) < 4.78 is 41.4. The molecule has 0 unspecified atom stereocenters. The number of hydrogen-bond acceptors (Lipinski definition) is 4. The fourth-order valence-electron chi connectivity index (χ4n) is 2.58. The molecule has 1 heterocycles. The predicted molar refractivity (Wildman–Crippen MR) is 102 cm³/mol. The highest BCUT2D eigenvalue weighted by Crippen LogP contribution is 2.28. The number of halogens is 3. The SMILES string of the molecule is C=CCn1c(S[C@H](C)C(=O)c2ccc(F)c(F)c2)nnc1-c1ccc(F)cc1. The number of carbonyl (C=O) groups excluding carboxylic acids is 1. The van der Waals surface area contributed by atoms with Gasteiger partial charge in [0.2, 0.25) is 0 Å². The molecular weight excluding hydrogens is 387 g/mol. The Hall–Kier alpha value is -2.87. The Bertz CT molecular complexity index is 1020. The molecule has 28 heavy (non-hydrogen) atoms. The second kappa shape index (κ2) is 8.43. The van der Waals surface area contributed by atoms with Crippen LogP contribution in [0.25, 0.3) is 11.4 Å². The van der Waals surface area contributed by atoms with Crippen LogP contribution in [0.1, 0.15) is 17.3 Å². The van der Waals surface area contributed by atoms with Gasteiger partial charge in [0.1, 0.15) is 5.82 Å². The first-order valence-electron chi connectivity index (χ1n) is 8.36. The standard InChI is InChI=1S/C20H16F3N3OS/c1-3-10-26-19(13-4-7-15(21)8-5-13)24-25-20(26)28-12(2)18(27)14-6-9-16(22)17(23)11-14/h3-9,11-12H,1,10H2,2H3/t12-/m1/s1. The molecule has 0 bridgehead atoms. The van der Waals surface area contributed by atoms with E-state index in [2.05, 4.69) is 16.8 Å². The Morgan fingerprint density at radius 1 is 1.14 bits per heavy atom. The normalized spacial score (nSPS) is 12.0. The minimum Gasteiger partial charge on any atom is -0.298 e. The van der Waals surface area contributed by atoms with Gasteiger partial charge in [-0.15, -0.1) is 16.8 Å². The summed E-state index contributed by atoms with van der Waals surface area (Å²) in [7, 11) is 0. The van der Waals surface area contributed by atoms with Crippen LogP contribution < -0.4 is 0 Å². The van der Waals surface area contributed by atoms with Gasteiger partial charge in [-0.05, 0) is 49.4 Å². The van der Waals surface area contributed by atoms with Crippen LogP contribution in [0.2, 0.25) is 0 Å². The first-order chi connectivity index (χ1) is 13.4. The average molecular weight is 403 g/mol. The fraction of sp³-hybridized carbons (Fsp3) is 0.150. The second-order valence-corrected chi connectivity index (χ2v) is 7.27. The van der Waals surface area contributed by atoms with E-state index in [9.17, 15) is 18.0 Å². The molecular formula is C20H16F3N3OS. The molecule has 2 aromatic carbocycles. The van der Waals surface area contributed by atoms with Crippen LogP contribution in [0.3, 0.4) is 0 Å². The van der Waals surface area contributed by atoms with Gasteiger partial charge < -0.3 is 0 Å². The lowest BCUT2D eigenvalue weighted by molar-refractivity contribution is 0.0993.